The molecule has 1 atom stereocenters. The minimum absolute atomic E-state index is 0.00516. The Kier molecular flexibility index (Phi) is 6.26. The number of halogens is 2. The molecule has 0 fully saturated rings. The minimum Gasteiger partial charge on any atom is -0.497 e. The quantitative estimate of drug-likeness (QED) is 0.818. The van der Waals surface area contributed by atoms with E-state index in [1.807, 2.05) is 0 Å². The van der Waals surface area contributed by atoms with Crippen LogP contribution in [0.2, 0.25) is 0 Å². The van der Waals surface area contributed by atoms with E-state index >= 15 is 0 Å². The summed E-state index contributed by atoms with van der Waals surface area (Å²) in [5, 5.41) is 12.7. The standard InChI is InChI=1S/C18H19F2NO3/c1-24-14-6-2-5-13(10-14)16(22)11-21-17(23)9-8-12-4-3-7-15(19)18(12)20/h2-7,10,16,22H,8-9,11H2,1H3,(H,21,23). The van der Waals surface area contributed by atoms with E-state index in [1.54, 1.807) is 24.3 Å². The molecule has 2 rings (SSSR count). The summed E-state index contributed by atoms with van der Waals surface area (Å²) in [7, 11) is 1.53. The predicted molar refractivity (Wildman–Crippen MR) is 85.6 cm³/mol. The highest BCUT2D eigenvalue weighted by Gasteiger charge is 2.12. The van der Waals surface area contributed by atoms with Crippen molar-refractivity contribution in [3.63, 3.8) is 0 Å². The predicted octanol–water partition coefficient (Wildman–Crippen LogP) is 2.76. The van der Waals surface area contributed by atoms with E-state index < -0.39 is 17.7 Å². The molecule has 0 bridgehead atoms. The van der Waals surface area contributed by atoms with Crippen molar-refractivity contribution < 1.29 is 23.4 Å². The van der Waals surface area contributed by atoms with Gasteiger partial charge in [0, 0.05) is 13.0 Å². The lowest BCUT2D eigenvalue weighted by molar-refractivity contribution is -0.121. The Morgan fingerprint density at radius 3 is 2.75 bits per heavy atom. The summed E-state index contributed by atoms with van der Waals surface area (Å²) in [4.78, 5) is 11.8. The molecule has 2 aromatic carbocycles. The Morgan fingerprint density at radius 2 is 2.00 bits per heavy atom. The molecule has 2 N–H and O–H groups in total. The van der Waals surface area contributed by atoms with Crippen LogP contribution >= 0.6 is 0 Å². The fourth-order valence-electron chi connectivity index (χ4n) is 2.26. The van der Waals surface area contributed by atoms with Crippen LogP contribution in [0.5, 0.6) is 5.75 Å². The van der Waals surface area contributed by atoms with E-state index in [2.05, 4.69) is 5.32 Å². The van der Waals surface area contributed by atoms with Crippen LogP contribution in [0.4, 0.5) is 8.78 Å². The second-order valence-corrected chi connectivity index (χ2v) is 5.31. The Balaban J connectivity index is 1.83. The summed E-state index contributed by atoms with van der Waals surface area (Å²) in [6, 6.07) is 10.8. The number of methoxy groups -OCH3 is 1. The Bertz CT molecular complexity index is 706. The average molecular weight is 335 g/mol. The topological polar surface area (TPSA) is 58.6 Å². The van der Waals surface area contributed by atoms with Crippen molar-refractivity contribution in [3.05, 3.63) is 65.2 Å². The number of aliphatic hydroxyl groups excluding tert-OH is 1. The van der Waals surface area contributed by atoms with Crippen molar-refractivity contribution in [3.8, 4) is 5.75 Å². The highest BCUT2D eigenvalue weighted by molar-refractivity contribution is 5.76. The second kappa shape index (κ2) is 8.40. The maximum Gasteiger partial charge on any atom is 0.220 e. The molecule has 0 spiro atoms. The van der Waals surface area contributed by atoms with Crippen LogP contribution in [-0.4, -0.2) is 24.7 Å². The van der Waals surface area contributed by atoms with Crippen molar-refractivity contribution in [2.75, 3.05) is 13.7 Å². The highest BCUT2D eigenvalue weighted by Crippen LogP contribution is 2.18. The largest absolute Gasteiger partial charge is 0.497 e. The van der Waals surface area contributed by atoms with E-state index in [9.17, 15) is 18.7 Å². The number of nitrogens with one attached hydrogen (secondary N) is 1. The van der Waals surface area contributed by atoms with E-state index in [-0.39, 0.29) is 30.9 Å². The number of hydrogen-bond acceptors (Lipinski definition) is 3. The SMILES string of the molecule is COc1cccc(C(O)CNC(=O)CCc2cccc(F)c2F)c1. The highest BCUT2D eigenvalue weighted by atomic mass is 19.2. The van der Waals surface area contributed by atoms with Crippen molar-refractivity contribution in [1.29, 1.82) is 0 Å². The van der Waals surface area contributed by atoms with Crippen molar-refractivity contribution in [2.24, 2.45) is 0 Å². The maximum absolute atomic E-state index is 13.5. The Labute approximate surface area is 139 Å². The smallest absolute Gasteiger partial charge is 0.220 e. The van der Waals surface area contributed by atoms with Crippen LogP contribution in [0.15, 0.2) is 42.5 Å². The van der Waals surface area contributed by atoms with Gasteiger partial charge in [0.2, 0.25) is 5.91 Å². The van der Waals surface area contributed by atoms with E-state index in [0.29, 0.717) is 11.3 Å². The van der Waals surface area contributed by atoms with Gasteiger partial charge in [0.15, 0.2) is 11.6 Å². The number of aliphatic hydroxyl groups is 1. The molecule has 0 radical (unpaired) electrons. The number of amides is 1. The number of hydrogen-bond donors (Lipinski definition) is 2. The van der Waals surface area contributed by atoms with Crippen LogP contribution in [0.3, 0.4) is 0 Å². The molecule has 0 aliphatic heterocycles. The number of carbonyl (C=O) groups is 1. The van der Waals surface area contributed by atoms with Crippen LogP contribution in [0.1, 0.15) is 23.7 Å². The molecule has 1 amide bonds. The summed E-state index contributed by atoms with van der Waals surface area (Å²) in [5.74, 6) is -1.59. The van der Waals surface area contributed by atoms with Crippen LogP contribution in [-0.2, 0) is 11.2 Å². The van der Waals surface area contributed by atoms with Gasteiger partial charge >= 0.3 is 0 Å². The number of carbonyl (C=O) groups excluding carboxylic acids is 1. The second-order valence-electron chi connectivity index (χ2n) is 5.31. The van der Waals surface area contributed by atoms with Crippen molar-refractivity contribution >= 4 is 5.91 Å². The summed E-state index contributed by atoms with van der Waals surface area (Å²) in [6.45, 7) is 0.0254. The van der Waals surface area contributed by atoms with Crippen LogP contribution < -0.4 is 10.1 Å². The molecular weight excluding hydrogens is 316 g/mol. The Morgan fingerprint density at radius 1 is 1.25 bits per heavy atom. The number of rotatable bonds is 7. The zero-order valence-corrected chi connectivity index (χ0v) is 13.3. The normalized spacial score (nSPS) is 11.8. The van der Waals surface area contributed by atoms with E-state index in [1.165, 1.54) is 19.2 Å². The maximum atomic E-state index is 13.5. The minimum atomic E-state index is -0.929. The van der Waals surface area contributed by atoms with Gasteiger partial charge in [-0.3, -0.25) is 4.79 Å². The summed E-state index contributed by atoms with van der Waals surface area (Å²) in [6.07, 6.45) is -0.787. The molecule has 0 saturated heterocycles. The molecule has 6 heteroatoms. The van der Waals surface area contributed by atoms with Gasteiger partial charge < -0.3 is 15.2 Å². The van der Waals surface area contributed by atoms with Gasteiger partial charge in [0.25, 0.3) is 0 Å². The molecule has 1 unspecified atom stereocenters. The molecule has 0 aliphatic rings. The van der Waals surface area contributed by atoms with Gasteiger partial charge in [-0.1, -0.05) is 24.3 Å². The van der Waals surface area contributed by atoms with Gasteiger partial charge in [0.1, 0.15) is 5.75 Å². The van der Waals surface area contributed by atoms with Gasteiger partial charge in [-0.2, -0.15) is 0 Å². The van der Waals surface area contributed by atoms with Crippen molar-refractivity contribution in [1.82, 2.24) is 5.32 Å². The molecule has 4 nitrogen and oxygen atoms in total. The number of benzene rings is 2. The molecule has 128 valence electrons. The lowest BCUT2D eigenvalue weighted by Gasteiger charge is -2.13. The molecule has 0 aromatic heterocycles. The molecule has 0 heterocycles. The third kappa shape index (κ3) is 4.76. The lowest BCUT2D eigenvalue weighted by atomic mass is 10.1. The lowest BCUT2D eigenvalue weighted by Crippen LogP contribution is -2.28. The first-order valence-electron chi connectivity index (χ1n) is 7.53. The number of aryl methyl sites for hydroxylation is 1. The van der Waals surface area contributed by atoms with Gasteiger partial charge in [-0.15, -0.1) is 0 Å². The van der Waals surface area contributed by atoms with Gasteiger partial charge in [-0.25, -0.2) is 8.78 Å². The summed E-state index contributed by atoms with van der Waals surface area (Å²) >= 11 is 0. The molecule has 2 aromatic rings. The zero-order chi connectivity index (χ0) is 17.5. The molecule has 24 heavy (non-hydrogen) atoms. The van der Waals surface area contributed by atoms with Gasteiger partial charge in [0.05, 0.1) is 13.2 Å². The van der Waals surface area contributed by atoms with Crippen molar-refractivity contribution in [2.45, 2.75) is 18.9 Å². The molecule has 0 saturated carbocycles. The van der Waals surface area contributed by atoms with E-state index in [0.717, 1.165) is 6.07 Å². The summed E-state index contributed by atoms with van der Waals surface area (Å²) in [5.41, 5.74) is 0.768. The molecular formula is C18H19F2NO3. The fourth-order valence-corrected chi connectivity index (χ4v) is 2.26. The first-order chi connectivity index (χ1) is 11.5. The van der Waals surface area contributed by atoms with Crippen LogP contribution in [0.25, 0.3) is 0 Å². The van der Waals surface area contributed by atoms with Crippen LogP contribution in [0, 0.1) is 11.6 Å². The van der Waals surface area contributed by atoms with E-state index in [4.69, 9.17) is 4.74 Å². The summed E-state index contributed by atoms with van der Waals surface area (Å²) < 4.78 is 31.7. The average Bonchev–Trinajstić information content (AvgIpc) is 2.61. The zero-order valence-electron chi connectivity index (χ0n) is 13.3. The molecule has 0 aliphatic carbocycles. The Hall–Kier alpha value is -2.47. The van der Waals surface area contributed by atoms with Gasteiger partial charge in [-0.05, 0) is 35.7 Å². The number of ether oxygens (including phenoxy) is 1. The first kappa shape index (κ1) is 17.9. The third-order valence-electron chi connectivity index (χ3n) is 3.62. The monoisotopic (exact) mass is 335 g/mol. The first-order valence-corrected chi connectivity index (χ1v) is 7.53. The fraction of sp³-hybridized carbons (Fsp3) is 0.278. The third-order valence-corrected chi connectivity index (χ3v) is 3.62.